The number of carbonyl (C=O) groups is 2. The van der Waals surface area contributed by atoms with Crippen molar-refractivity contribution in [3.63, 3.8) is 0 Å². The van der Waals surface area contributed by atoms with Crippen LogP contribution in [0.3, 0.4) is 0 Å². The van der Waals surface area contributed by atoms with Crippen molar-refractivity contribution >= 4 is 29.1 Å². The Labute approximate surface area is 146 Å². The van der Waals surface area contributed by atoms with E-state index in [2.05, 4.69) is 5.32 Å². The summed E-state index contributed by atoms with van der Waals surface area (Å²) in [6.07, 6.45) is -2.94. The van der Waals surface area contributed by atoms with Crippen LogP contribution in [0, 0.1) is 0 Å². The van der Waals surface area contributed by atoms with Crippen molar-refractivity contribution in [2.45, 2.75) is 11.1 Å². The quantitative estimate of drug-likeness (QED) is 0.625. The monoisotopic (exact) mass is 368 g/mol. The average Bonchev–Trinajstić information content (AvgIpc) is 2.60. The van der Waals surface area contributed by atoms with Crippen LogP contribution >= 0.6 is 11.8 Å². The second kappa shape index (κ2) is 7.71. The zero-order valence-electron chi connectivity index (χ0n) is 13.2. The Kier molecular flexibility index (Phi) is 5.86. The Balaban J connectivity index is 2.60. The van der Waals surface area contributed by atoms with E-state index in [4.69, 9.17) is 5.73 Å². The van der Waals surface area contributed by atoms with Gasteiger partial charge in [0.2, 0.25) is 5.91 Å². The summed E-state index contributed by atoms with van der Waals surface area (Å²) in [6.45, 7) is -0.310. The summed E-state index contributed by atoms with van der Waals surface area (Å²) in [7, 11) is 0. The molecule has 0 aliphatic rings. The topological polar surface area (TPSA) is 72.2 Å². The average molecular weight is 368 g/mol. The number of thioether (sulfide) groups is 1. The Hall–Kier alpha value is -2.32. The van der Waals surface area contributed by atoms with Gasteiger partial charge in [0.15, 0.2) is 5.78 Å². The zero-order chi connectivity index (χ0) is 18.6. The molecule has 0 unspecified atom stereocenters. The number of ketones is 1. The smallest absolute Gasteiger partial charge is 0.323 e. The number of hydrogen-bond acceptors (Lipinski definition) is 4. The first-order valence-electron chi connectivity index (χ1n) is 7.17. The van der Waals surface area contributed by atoms with Crippen LogP contribution in [0.25, 0.3) is 0 Å². The maximum atomic E-state index is 13.2. The van der Waals surface area contributed by atoms with Gasteiger partial charge in [-0.3, -0.25) is 9.59 Å². The molecule has 0 bridgehead atoms. The number of benzene rings is 2. The predicted molar refractivity (Wildman–Crippen MR) is 90.8 cm³/mol. The van der Waals surface area contributed by atoms with Gasteiger partial charge in [-0.25, -0.2) is 0 Å². The molecule has 0 fully saturated rings. The van der Waals surface area contributed by atoms with Crippen LogP contribution in [0.1, 0.15) is 21.5 Å². The fraction of sp³-hybridized carbons (Fsp3) is 0.176. The van der Waals surface area contributed by atoms with Crippen LogP contribution in [-0.4, -0.2) is 24.5 Å². The summed E-state index contributed by atoms with van der Waals surface area (Å²) >= 11 is 1.25. The van der Waals surface area contributed by atoms with Crippen molar-refractivity contribution in [1.29, 1.82) is 0 Å². The second-order valence-corrected chi connectivity index (χ2v) is 5.86. The molecule has 0 aliphatic carbocycles. The van der Waals surface area contributed by atoms with Gasteiger partial charge in [0.05, 0.1) is 17.8 Å². The van der Waals surface area contributed by atoms with Crippen molar-refractivity contribution < 1.29 is 22.8 Å². The first kappa shape index (κ1) is 19.0. The van der Waals surface area contributed by atoms with E-state index in [0.717, 1.165) is 12.1 Å². The minimum Gasteiger partial charge on any atom is -0.323 e. The molecule has 0 radical (unpaired) electrons. The molecule has 0 heterocycles. The minimum absolute atomic E-state index is 0.0228. The highest BCUT2D eigenvalue weighted by molar-refractivity contribution is 7.98. The number of nitrogens with two attached hydrogens (primary N) is 1. The van der Waals surface area contributed by atoms with Crippen LogP contribution in [0.4, 0.5) is 18.9 Å². The first-order valence-corrected chi connectivity index (χ1v) is 8.40. The third-order valence-electron chi connectivity index (χ3n) is 3.42. The highest BCUT2D eigenvalue weighted by atomic mass is 32.2. The SMILES string of the molecule is CSc1cccc(C(=O)c2ccccc2C(F)(F)F)c1NC(=O)CN. The van der Waals surface area contributed by atoms with Gasteiger partial charge in [-0.05, 0) is 24.5 Å². The molecule has 0 spiro atoms. The van der Waals surface area contributed by atoms with Crippen molar-refractivity contribution in [2.75, 3.05) is 18.1 Å². The molecule has 0 aromatic heterocycles. The number of amides is 1. The van der Waals surface area contributed by atoms with Gasteiger partial charge in [0.1, 0.15) is 0 Å². The van der Waals surface area contributed by atoms with Crippen molar-refractivity contribution in [2.24, 2.45) is 5.73 Å². The maximum Gasteiger partial charge on any atom is 0.417 e. The van der Waals surface area contributed by atoms with Gasteiger partial charge in [-0.2, -0.15) is 13.2 Å². The molecular formula is C17H15F3N2O2S. The lowest BCUT2D eigenvalue weighted by Crippen LogP contribution is -2.24. The largest absolute Gasteiger partial charge is 0.417 e. The summed E-state index contributed by atoms with van der Waals surface area (Å²) in [5.41, 5.74) is 3.92. The van der Waals surface area contributed by atoms with E-state index in [0.29, 0.717) is 4.90 Å². The van der Waals surface area contributed by atoms with Crippen molar-refractivity contribution in [3.8, 4) is 0 Å². The second-order valence-electron chi connectivity index (χ2n) is 5.01. The van der Waals surface area contributed by atoms with Crippen LogP contribution in [0.15, 0.2) is 47.4 Å². The van der Waals surface area contributed by atoms with Crippen molar-refractivity contribution in [3.05, 3.63) is 59.2 Å². The molecule has 1 amide bonds. The summed E-state index contributed by atoms with van der Waals surface area (Å²) in [4.78, 5) is 25.0. The summed E-state index contributed by atoms with van der Waals surface area (Å²) in [5.74, 6) is -1.36. The summed E-state index contributed by atoms with van der Waals surface area (Å²) < 4.78 is 39.6. The van der Waals surface area contributed by atoms with E-state index in [1.165, 1.54) is 30.0 Å². The Bertz CT molecular complexity index is 807. The molecule has 0 saturated heterocycles. The number of halogens is 3. The van der Waals surface area contributed by atoms with E-state index < -0.39 is 29.0 Å². The fourth-order valence-corrected chi connectivity index (χ4v) is 2.86. The summed E-state index contributed by atoms with van der Waals surface area (Å²) in [6, 6.07) is 9.13. The Morgan fingerprint density at radius 3 is 2.32 bits per heavy atom. The third-order valence-corrected chi connectivity index (χ3v) is 4.20. The van der Waals surface area contributed by atoms with Gasteiger partial charge in [0, 0.05) is 16.0 Å². The number of alkyl halides is 3. The molecule has 8 heteroatoms. The van der Waals surface area contributed by atoms with Gasteiger partial charge < -0.3 is 11.1 Å². The lowest BCUT2D eigenvalue weighted by molar-refractivity contribution is -0.137. The van der Waals surface area contributed by atoms with E-state index in [-0.39, 0.29) is 17.8 Å². The maximum absolute atomic E-state index is 13.2. The van der Waals surface area contributed by atoms with Crippen LogP contribution in [0.2, 0.25) is 0 Å². The van der Waals surface area contributed by atoms with Gasteiger partial charge >= 0.3 is 6.18 Å². The van der Waals surface area contributed by atoms with Crippen LogP contribution < -0.4 is 11.1 Å². The zero-order valence-corrected chi connectivity index (χ0v) is 14.0. The molecular weight excluding hydrogens is 353 g/mol. The molecule has 2 aromatic rings. The standard InChI is InChI=1S/C17H15F3N2O2S/c1-25-13-8-4-6-11(15(13)22-14(23)9-21)16(24)10-5-2-3-7-12(10)17(18,19)20/h2-8H,9,21H2,1H3,(H,22,23). The van der Waals surface area contributed by atoms with Gasteiger partial charge in [-0.1, -0.05) is 24.3 Å². The van der Waals surface area contributed by atoms with Crippen LogP contribution in [-0.2, 0) is 11.0 Å². The fourth-order valence-electron chi connectivity index (χ4n) is 2.28. The molecule has 4 nitrogen and oxygen atoms in total. The normalized spacial score (nSPS) is 11.2. The van der Waals surface area contributed by atoms with Crippen LogP contribution in [0.5, 0.6) is 0 Å². The predicted octanol–water partition coefficient (Wildman–Crippen LogP) is 3.56. The molecule has 25 heavy (non-hydrogen) atoms. The van der Waals surface area contributed by atoms with E-state index in [1.807, 2.05) is 0 Å². The lowest BCUT2D eigenvalue weighted by atomic mass is 9.97. The summed E-state index contributed by atoms with van der Waals surface area (Å²) in [5, 5.41) is 2.50. The minimum atomic E-state index is -4.66. The first-order chi connectivity index (χ1) is 11.8. The van der Waals surface area contributed by atoms with E-state index in [1.54, 1.807) is 18.4 Å². The molecule has 0 saturated carbocycles. The number of carbonyl (C=O) groups excluding carboxylic acids is 2. The van der Waals surface area contributed by atoms with Gasteiger partial charge in [0.25, 0.3) is 0 Å². The van der Waals surface area contributed by atoms with Gasteiger partial charge in [-0.15, -0.1) is 11.8 Å². The number of para-hydroxylation sites is 1. The molecule has 3 N–H and O–H groups in total. The lowest BCUT2D eigenvalue weighted by Gasteiger charge is -2.16. The molecule has 0 atom stereocenters. The Morgan fingerprint density at radius 2 is 1.72 bits per heavy atom. The van der Waals surface area contributed by atoms with Crippen molar-refractivity contribution in [1.82, 2.24) is 0 Å². The Morgan fingerprint density at radius 1 is 1.08 bits per heavy atom. The van der Waals surface area contributed by atoms with E-state index in [9.17, 15) is 22.8 Å². The number of nitrogens with one attached hydrogen (secondary N) is 1. The molecule has 0 aliphatic heterocycles. The number of anilines is 1. The van der Waals surface area contributed by atoms with E-state index >= 15 is 0 Å². The third kappa shape index (κ3) is 4.21. The number of hydrogen-bond donors (Lipinski definition) is 2. The number of rotatable bonds is 5. The molecule has 2 rings (SSSR count). The molecule has 132 valence electrons. The highest BCUT2D eigenvalue weighted by Crippen LogP contribution is 2.35. The molecule has 2 aromatic carbocycles. The highest BCUT2D eigenvalue weighted by Gasteiger charge is 2.35.